The van der Waals surface area contributed by atoms with E-state index < -0.39 is 17.3 Å². The molecule has 154 valence electrons. The number of rotatable bonds is 5. The van der Waals surface area contributed by atoms with Gasteiger partial charge in [-0.05, 0) is 54.7 Å². The molecule has 2 heterocycles. The lowest BCUT2D eigenvalue weighted by Gasteiger charge is -2.24. The van der Waals surface area contributed by atoms with Gasteiger partial charge in [-0.15, -0.1) is 0 Å². The maximum atomic E-state index is 12.8. The highest BCUT2D eigenvalue weighted by Gasteiger charge is 2.49. The number of amides is 1. The zero-order chi connectivity index (χ0) is 21.2. The Morgan fingerprint density at radius 3 is 2.55 bits per heavy atom. The number of carbonyl (C=O) groups is 1. The van der Waals surface area contributed by atoms with Crippen LogP contribution in [0.5, 0.6) is 0 Å². The number of carbonyl (C=O) groups excluding carboxylic acids is 1. The van der Waals surface area contributed by atoms with E-state index in [9.17, 15) is 18.0 Å². The van der Waals surface area contributed by atoms with Crippen LogP contribution < -0.4 is 5.32 Å². The van der Waals surface area contributed by atoms with Gasteiger partial charge in [0.25, 0.3) is 0 Å². The first-order valence-electron chi connectivity index (χ1n) is 9.66. The van der Waals surface area contributed by atoms with Crippen LogP contribution in [-0.2, 0) is 11.0 Å². The molecule has 1 amide bonds. The molecular formula is C22H25F3N3O+. The van der Waals surface area contributed by atoms with E-state index >= 15 is 0 Å². The zero-order valence-electron chi connectivity index (χ0n) is 16.6. The average Bonchev–Trinajstić information content (AvgIpc) is 3.12. The van der Waals surface area contributed by atoms with Gasteiger partial charge in [0, 0.05) is 6.20 Å². The number of likely N-dealkylation sites (N-methyl/N-ethyl adjacent to an activating group) is 1. The molecule has 1 fully saturated rings. The van der Waals surface area contributed by atoms with Crippen LogP contribution in [0.15, 0.2) is 42.6 Å². The number of aromatic nitrogens is 1. The van der Waals surface area contributed by atoms with Crippen LogP contribution in [0.4, 0.5) is 13.2 Å². The van der Waals surface area contributed by atoms with Crippen molar-refractivity contribution >= 4 is 12.6 Å². The molecule has 0 aliphatic carbocycles. The number of nitrogens with one attached hydrogen (secondary N) is 1. The van der Waals surface area contributed by atoms with Gasteiger partial charge in [-0.25, -0.2) is 4.79 Å². The van der Waals surface area contributed by atoms with E-state index in [2.05, 4.69) is 17.0 Å². The van der Waals surface area contributed by atoms with E-state index in [0.717, 1.165) is 36.2 Å². The minimum atomic E-state index is -4.36. The monoisotopic (exact) mass is 404 g/mol. The van der Waals surface area contributed by atoms with E-state index in [4.69, 9.17) is 0 Å². The second-order valence-electron chi connectivity index (χ2n) is 7.62. The van der Waals surface area contributed by atoms with Crippen LogP contribution in [0.3, 0.4) is 0 Å². The Morgan fingerprint density at radius 1 is 1.28 bits per heavy atom. The number of halogens is 3. The molecule has 1 N–H and O–H groups in total. The molecule has 7 heteroatoms. The molecule has 1 saturated heterocycles. The lowest BCUT2D eigenvalue weighted by Crippen LogP contribution is -2.51. The Hall–Kier alpha value is -2.54. The summed E-state index contributed by atoms with van der Waals surface area (Å²) in [5.74, 6) is -0.0410. The number of hydrogen-bond acceptors (Lipinski definition) is 3. The summed E-state index contributed by atoms with van der Waals surface area (Å²) in [6, 6.07) is 8.64. The fourth-order valence-electron chi connectivity index (χ4n) is 4.03. The lowest BCUT2D eigenvalue weighted by molar-refractivity contribution is -0.416. The summed E-state index contributed by atoms with van der Waals surface area (Å²) in [4.78, 5) is 17.2. The molecule has 1 aromatic heterocycles. The molecule has 2 unspecified atom stereocenters. The molecule has 1 aliphatic rings. The van der Waals surface area contributed by atoms with E-state index in [1.807, 2.05) is 13.0 Å². The summed E-state index contributed by atoms with van der Waals surface area (Å²) in [7, 11) is 1.65. The second-order valence-corrected chi connectivity index (χ2v) is 7.62. The fraction of sp³-hybridized carbons (Fsp3) is 0.409. The van der Waals surface area contributed by atoms with Gasteiger partial charge in [-0.1, -0.05) is 25.5 Å². The molecule has 3 rings (SSSR count). The molecule has 0 spiro atoms. The molecule has 0 radical (unpaired) electrons. The van der Waals surface area contributed by atoms with Crippen molar-refractivity contribution in [3.63, 3.8) is 0 Å². The predicted molar refractivity (Wildman–Crippen MR) is 106 cm³/mol. The number of pyridine rings is 1. The molecule has 2 aromatic rings. The molecule has 0 bridgehead atoms. The molecule has 2 atom stereocenters. The van der Waals surface area contributed by atoms with E-state index in [1.165, 1.54) is 16.7 Å². The summed E-state index contributed by atoms with van der Waals surface area (Å²) in [5, 5.41) is 3.47. The summed E-state index contributed by atoms with van der Waals surface area (Å²) >= 11 is 0. The largest absolute Gasteiger partial charge is 0.416 e. The smallest absolute Gasteiger partial charge is 0.291 e. The van der Waals surface area contributed by atoms with E-state index in [-0.39, 0.29) is 11.9 Å². The van der Waals surface area contributed by atoms with Crippen molar-refractivity contribution in [3.8, 4) is 11.1 Å². The van der Waals surface area contributed by atoms with Crippen molar-refractivity contribution in [2.45, 2.75) is 50.4 Å². The zero-order valence-corrected chi connectivity index (χ0v) is 16.6. The minimum absolute atomic E-state index is 0.0410. The topological polar surface area (TPSA) is 45.0 Å². The maximum absolute atomic E-state index is 12.8. The molecule has 1 aromatic carbocycles. The van der Waals surface area contributed by atoms with Crippen LogP contribution in [-0.4, -0.2) is 34.8 Å². The molecular weight excluding hydrogens is 379 g/mol. The van der Waals surface area contributed by atoms with E-state index in [0.29, 0.717) is 18.4 Å². The van der Waals surface area contributed by atoms with Gasteiger partial charge in [-0.2, -0.15) is 17.7 Å². The predicted octanol–water partition coefficient (Wildman–Crippen LogP) is 4.60. The van der Waals surface area contributed by atoms with Gasteiger partial charge >= 0.3 is 12.1 Å². The third-order valence-electron chi connectivity index (χ3n) is 5.43. The van der Waals surface area contributed by atoms with Crippen LogP contribution in [0, 0.1) is 0 Å². The highest BCUT2D eigenvalue weighted by molar-refractivity contribution is 5.80. The van der Waals surface area contributed by atoms with Crippen LogP contribution in [0.25, 0.3) is 11.1 Å². The van der Waals surface area contributed by atoms with Gasteiger partial charge < -0.3 is 0 Å². The van der Waals surface area contributed by atoms with Gasteiger partial charge in [0.2, 0.25) is 0 Å². The van der Waals surface area contributed by atoms with Crippen molar-refractivity contribution in [2.75, 3.05) is 7.05 Å². The van der Waals surface area contributed by atoms with Crippen molar-refractivity contribution in [2.24, 2.45) is 0 Å². The first-order chi connectivity index (χ1) is 13.7. The highest BCUT2D eigenvalue weighted by atomic mass is 19.4. The van der Waals surface area contributed by atoms with Crippen molar-refractivity contribution in [1.29, 1.82) is 0 Å². The SMILES string of the molecule is C=[N+](C)C(=O)C1(CCC)CCC(c2cc(-c3ccc(C(F)(F)F)cc3)ccn2)N1. The van der Waals surface area contributed by atoms with Crippen molar-refractivity contribution in [3.05, 3.63) is 53.9 Å². The summed E-state index contributed by atoms with van der Waals surface area (Å²) in [6.45, 7) is 5.77. The second kappa shape index (κ2) is 8.06. The first kappa shape index (κ1) is 21.2. The first-order valence-corrected chi connectivity index (χ1v) is 9.66. The van der Waals surface area contributed by atoms with Crippen LogP contribution >= 0.6 is 0 Å². The van der Waals surface area contributed by atoms with Crippen molar-refractivity contribution in [1.82, 2.24) is 10.3 Å². The molecule has 1 aliphatic heterocycles. The fourth-order valence-corrected chi connectivity index (χ4v) is 4.03. The maximum Gasteiger partial charge on any atom is 0.416 e. The van der Waals surface area contributed by atoms with Crippen LogP contribution in [0.1, 0.15) is 49.9 Å². The van der Waals surface area contributed by atoms with Crippen LogP contribution in [0.2, 0.25) is 0 Å². The molecule has 4 nitrogen and oxygen atoms in total. The third kappa shape index (κ3) is 4.40. The third-order valence-corrected chi connectivity index (χ3v) is 5.43. The Kier molecular flexibility index (Phi) is 5.89. The van der Waals surface area contributed by atoms with Gasteiger partial charge in [0.15, 0.2) is 0 Å². The summed E-state index contributed by atoms with van der Waals surface area (Å²) in [5.41, 5.74) is 0.933. The van der Waals surface area contributed by atoms with E-state index in [1.54, 1.807) is 19.3 Å². The number of hydrogen-bond donors (Lipinski definition) is 1. The number of nitrogens with zero attached hydrogens (tertiary/aromatic N) is 2. The lowest BCUT2D eigenvalue weighted by atomic mass is 9.91. The number of alkyl halides is 3. The normalized spacial score (nSPS) is 21.9. The average molecular weight is 404 g/mol. The quantitative estimate of drug-likeness (QED) is 0.585. The Morgan fingerprint density at radius 2 is 1.97 bits per heavy atom. The van der Waals surface area contributed by atoms with Gasteiger partial charge in [0.1, 0.15) is 19.3 Å². The minimum Gasteiger partial charge on any atom is -0.291 e. The van der Waals surface area contributed by atoms with Gasteiger partial charge in [-0.3, -0.25) is 10.3 Å². The summed E-state index contributed by atoms with van der Waals surface area (Å²) in [6.07, 6.45) is 0.309. The Balaban J connectivity index is 1.85. The highest BCUT2D eigenvalue weighted by Crippen LogP contribution is 2.37. The Labute approximate surface area is 168 Å². The summed E-state index contributed by atoms with van der Waals surface area (Å²) < 4.78 is 39.8. The number of benzene rings is 1. The van der Waals surface area contributed by atoms with Crippen molar-refractivity contribution < 1.29 is 22.5 Å². The standard InChI is InChI=1S/C22H25F3N3O/c1-4-11-21(20(29)28(2)3)12-9-18(27-21)19-14-16(10-13-26-19)15-5-7-17(8-6-15)22(23,24)25/h5-8,10,13-14,18,27H,2,4,9,11-12H2,1,3H3/q+1. The van der Waals surface area contributed by atoms with Gasteiger partial charge in [0.05, 0.1) is 17.3 Å². The molecule has 29 heavy (non-hydrogen) atoms. The molecule has 0 saturated carbocycles. The Bertz CT molecular complexity index is 908.